The van der Waals surface area contributed by atoms with E-state index in [0.29, 0.717) is 6.04 Å². The molecule has 1 aromatic rings. The Balaban J connectivity index is 1.63. The third-order valence-corrected chi connectivity index (χ3v) is 5.16. The number of fused-ring (bicyclic) bond motifs is 1. The first-order chi connectivity index (χ1) is 10.2. The standard InChI is InChI=1S/C17H22N2O2/c1-12-11-17(9-10-18-12)16(20)19-14(7-8-15(19)21-17)13-5-3-2-4-6-13/h2-6,12,14-15,18H,7-11H2,1H3/t12?,14-,15+,17?/m0/s1. The van der Waals surface area contributed by atoms with Crippen LogP contribution in [-0.2, 0) is 9.53 Å². The molecule has 3 heterocycles. The number of nitrogens with zero attached hydrogens (tertiary/aromatic N) is 1. The third kappa shape index (κ3) is 2.00. The summed E-state index contributed by atoms with van der Waals surface area (Å²) in [6.45, 7) is 3.00. The summed E-state index contributed by atoms with van der Waals surface area (Å²) in [5.74, 6) is 0.215. The summed E-state index contributed by atoms with van der Waals surface area (Å²) in [6, 6.07) is 10.9. The van der Waals surface area contributed by atoms with E-state index in [9.17, 15) is 4.79 Å². The predicted molar refractivity (Wildman–Crippen MR) is 79.6 cm³/mol. The molecule has 4 atom stereocenters. The van der Waals surface area contributed by atoms with Crippen LogP contribution in [0.25, 0.3) is 0 Å². The number of piperidine rings is 1. The van der Waals surface area contributed by atoms with E-state index < -0.39 is 5.60 Å². The maximum atomic E-state index is 13.1. The van der Waals surface area contributed by atoms with Gasteiger partial charge in [-0.15, -0.1) is 0 Å². The van der Waals surface area contributed by atoms with Crippen molar-refractivity contribution in [1.29, 1.82) is 0 Å². The number of amides is 1. The van der Waals surface area contributed by atoms with Gasteiger partial charge in [0, 0.05) is 12.5 Å². The number of carbonyl (C=O) groups excluding carboxylic acids is 1. The minimum absolute atomic E-state index is 0.0204. The molecule has 4 heteroatoms. The Labute approximate surface area is 125 Å². The zero-order valence-corrected chi connectivity index (χ0v) is 12.4. The Morgan fingerprint density at radius 2 is 2.10 bits per heavy atom. The van der Waals surface area contributed by atoms with Gasteiger partial charge in [-0.1, -0.05) is 30.3 Å². The molecule has 3 saturated heterocycles. The average Bonchev–Trinajstić information content (AvgIpc) is 3.00. The van der Waals surface area contributed by atoms with E-state index in [-0.39, 0.29) is 18.2 Å². The lowest BCUT2D eigenvalue weighted by molar-refractivity contribution is -0.142. The van der Waals surface area contributed by atoms with E-state index >= 15 is 0 Å². The first-order valence-electron chi connectivity index (χ1n) is 7.98. The van der Waals surface area contributed by atoms with Crippen LogP contribution in [-0.4, -0.2) is 35.2 Å². The van der Waals surface area contributed by atoms with Crippen molar-refractivity contribution in [1.82, 2.24) is 10.2 Å². The van der Waals surface area contributed by atoms with Crippen LogP contribution in [0.4, 0.5) is 0 Å². The molecule has 21 heavy (non-hydrogen) atoms. The van der Waals surface area contributed by atoms with Gasteiger partial charge in [-0.05, 0) is 38.3 Å². The molecular weight excluding hydrogens is 264 g/mol. The number of hydrogen-bond acceptors (Lipinski definition) is 3. The van der Waals surface area contributed by atoms with Gasteiger partial charge in [-0.25, -0.2) is 0 Å². The molecule has 0 aliphatic carbocycles. The Morgan fingerprint density at radius 3 is 2.86 bits per heavy atom. The largest absolute Gasteiger partial charge is 0.342 e. The summed E-state index contributed by atoms with van der Waals surface area (Å²) in [6.07, 6.45) is 3.53. The molecule has 1 N–H and O–H groups in total. The molecule has 0 bridgehead atoms. The Hall–Kier alpha value is -1.39. The lowest BCUT2D eigenvalue weighted by Crippen LogP contribution is -2.52. The second kappa shape index (κ2) is 4.82. The molecule has 4 nitrogen and oxygen atoms in total. The van der Waals surface area contributed by atoms with E-state index in [1.807, 2.05) is 23.1 Å². The fraction of sp³-hybridized carbons (Fsp3) is 0.588. The first kappa shape index (κ1) is 13.3. The Kier molecular flexibility index (Phi) is 3.05. The molecule has 112 valence electrons. The maximum absolute atomic E-state index is 13.1. The van der Waals surface area contributed by atoms with Gasteiger partial charge >= 0.3 is 0 Å². The smallest absolute Gasteiger partial charge is 0.257 e. The van der Waals surface area contributed by atoms with Crippen molar-refractivity contribution in [3.63, 3.8) is 0 Å². The molecule has 1 spiro atoms. The van der Waals surface area contributed by atoms with Crippen molar-refractivity contribution in [2.45, 2.75) is 56.5 Å². The lowest BCUT2D eigenvalue weighted by atomic mass is 9.87. The van der Waals surface area contributed by atoms with Crippen LogP contribution in [0.15, 0.2) is 30.3 Å². The number of benzene rings is 1. The topological polar surface area (TPSA) is 41.6 Å². The van der Waals surface area contributed by atoms with Crippen molar-refractivity contribution < 1.29 is 9.53 Å². The van der Waals surface area contributed by atoms with E-state index in [1.165, 1.54) is 5.56 Å². The highest BCUT2D eigenvalue weighted by molar-refractivity contribution is 5.88. The normalized spacial score (nSPS) is 39.0. The molecular formula is C17H22N2O2. The summed E-state index contributed by atoms with van der Waals surface area (Å²) in [5.41, 5.74) is 0.666. The summed E-state index contributed by atoms with van der Waals surface area (Å²) >= 11 is 0. The van der Waals surface area contributed by atoms with Crippen molar-refractivity contribution in [3.8, 4) is 0 Å². The summed E-state index contributed by atoms with van der Waals surface area (Å²) < 4.78 is 6.28. The number of hydrogen-bond donors (Lipinski definition) is 1. The molecule has 1 amide bonds. The molecule has 4 rings (SSSR count). The van der Waals surface area contributed by atoms with Gasteiger partial charge in [0.1, 0.15) is 6.23 Å². The number of carbonyl (C=O) groups is 1. The van der Waals surface area contributed by atoms with Gasteiger partial charge in [0.05, 0.1) is 6.04 Å². The van der Waals surface area contributed by atoms with Gasteiger partial charge in [-0.2, -0.15) is 0 Å². The van der Waals surface area contributed by atoms with Crippen LogP contribution in [0.2, 0.25) is 0 Å². The van der Waals surface area contributed by atoms with E-state index in [4.69, 9.17) is 4.74 Å². The van der Waals surface area contributed by atoms with E-state index in [1.54, 1.807) is 0 Å². The quantitative estimate of drug-likeness (QED) is 0.860. The van der Waals surface area contributed by atoms with Crippen LogP contribution in [0.3, 0.4) is 0 Å². The Morgan fingerprint density at radius 1 is 1.29 bits per heavy atom. The lowest BCUT2D eigenvalue weighted by Gasteiger charge is -2.35. The molecule has 3 aliphatic rings. The average molecular weight is 286 g/mol. The molecule has 0 radical (unpaired) electrons. The second-order valence-corrected chi connectivity index (χ2v) is 6.59. The predicted octanol–water partition coefficient (Wildman–Crippen LogP) is 2.22. The van der Waals surface area contributed by atoms with Crippen molar-refractivity contribution in [2.75, 3.05) is 6.54 Å². The van der Waals surface area contributed by atoms with Gasteiger partial charge in [0.15, 0.2) is 5.60 Å². The zero-order valence-electron chi connectivity index (χ0n) is 12.4. The molecule has 2 unspecified atom stereocenters. The number of rotatable bonds is 1. The minimum atomic E-state index is -0.567. The van der Waals surface area contributed by atoms with Gasteiger partial charge < -0.3 is 15.0 Å². The van der Waals surface area contributed by atoms with Crippen LogP contribution >= 0.6 is 0 Å². The Bertz CT molecular complexity index is 547. The molecule has 3 aliphatic heterocycles. The van der Waals surface area contributed by atoms with Crippen LogP contribution < -0.4 is 5.32 Å². The van der Waals surface area contributed by atoms with E-state index in [0.717, 1.165) is 32.2 Å². The van der Waals surface area contributed by atoms with Gasteiger partial charge in [-0.3, -0.25) is 4.79 Å². The van der Waals surface area contributed by atoms with E-state index in [2.05, 4.69) is 24.4 Å². The maximum Gasteiger partial charge on any atom is 0.257 e. The van der Waals surface area contributed by atoms with Crippen LogP contribution in [0.5, 0.6) is 0 Å². The molecule has 3 fully saturated rings. The van der Waals surface area contributed by atoms with Crippen molar-refractivity contribution in [3.05, 3.63) is 35.9 Å². The van der Waals surface area contributed by atoms with Gasteiger partial charge in [0.25, 0.3) is 5.91 Å². The highest BCUT2D eigenvalue weighted by atomic mass is 16.6. The number of ether oxygens (including phenoxy) is 1. The van der Waals surface area contributed by atoms with Crippen LogP contribution in [0.1, 0.15) is 44.2 Å². The molecule has 0 saturated carbocycles. The summed E-state index contributed by atoms with van der Waals surface area (Å²) in [5, 5.41) is 3.41. The molecule has 0 aromatic heterocycles. The minimum Gasteiger partial charge on any atom is -0.342 e. The van der Waals surface area contributed by atoms with Crippen molar-refractivity contribution in [2.24, 2.45) is 0 Å². The SMILES string of the molecule is CC1CC2(CCN1)O[C@@H]1CC[C@@H](c3ccccc3)N1C2=O. The highest BCUT2D eigenvalue weighted by Crippen LogP contribution is 2.47. The third-order valence-electron chi connectivity index (χ3n) is 5.16. The van der Waals surface area contributed by atoms with Crippen LogP contribution in [0, 0.1) is 0 Å². The van der Waals surface area contributed by atoms with Gasteiger partial charge in [0.2, 0.25) is 0 Å². The number of nitrogens with one attached hydrogen (secondary N) is 1. The molecule has 1 aromatic carbocycles. The fourth-order valence-electron chi connectivity index (χ4n) is 4.21. The monoisotopic (exact) mass is 286 g/mol. The second-order valence-electron chi connectivity index (χ2n) is 6.59. The highest BCUT2D eigenvalue weighted by Gasteiger charge is 2.58. The zero-order chi connectivity index (χ0) is 14.4. The summed E-state index contributed by atoms with van der Waals surface area (Å²) in [7, 11) is 0. The fourth-order valence-corrected chi connectivity index (χ4v) is 4.21. The first-order valence-corrected chi connectivity index (χ1v) is 7.98. The van der Waals surface area contributed by atoms with Crippen molar-refractivity contribution >= 4 is 5.91 Å². The summed E-state index contributed by atoms with van der Waals surface area (Å²) in [4.78, 5) is 15.1.